The first kappa shape index (κ1) is 13.4. The molecule has 0 spiro atoms. The van der Waals surface area contributed by atoms with Crippen molar-refractivity contribution in [2.45, 2.75) is 19.4 Å². The number of rotatable bonds is 5. The van der Waals surface area contributed by atoms with Crippen LogP contribution in [0.1, 0.15) is 13.3 Å². The number of hydrogen-bond acceptors (Lipinski definition) is 5. The third-order valence-electron chi connectivity index (χ3n) is 3.09. The molecule has 0 aliphatic carbocycles. The first-order chi connectivity index (χ1) is 9.15. The molecule has 1 aromatic carbocycles. The van der Waals surface area contributed by atoms with Crippen LogP contribution in [0.5, 0.6) is 5.75 Å². The highest BCUT2D eigenvalue weighted by molar-refractivity contribution is 5.93. The van der Waals surface area contributed by atoms with Gasteiger partial charge in [0.05, 0.1) is 10.9 Å². The molecular weight excluding hydrogens is 244 g/mol. The number of fused-ring (bicyclic) bond motifs is 1. The second-order valence-electron chi connectivity index (χ2n) is 4.31. The lowest BCUT2D eigenvalue weighted by molar-refractivity contribution is 0.270. The number of anilines is 1. The predicted molar refractivity (Wildman–Crippen MR) is 75.4 cm³/mol. The second-order valence-corrected chi connectivity index (χ2v) is 4.31. The van der Waals surface area contributed by atoms with E-state index in [0.29, 0.717) is 23.3 Å². The van der Waals surface area contributed by atoms with Crippen molar-refractivity contribution < 1.29 is 4.74 Å². The normalized spacial score (nSPS) is 12.5. The van der Waals surface area contributed by atoms with Crippen molar-refractivity contribution in [1.82, 2.24) is 15.3 Å². The van der Waals surface area contributed by atoms with Crippen molar-refractivity contribution >= 4 is 16.7 Å². The van der Waals surface area contributed by atoms with Gasteiger partial charge in [-0.1, -0.05) is 13.0 Å². The molecule has 1 aromatic heterocycles. The van der Waals surface area contributed by atoms with Crippen LogP contribution in [0, 0.1) is 0 Å². The standard InChI is InChI=1S/C13H18N4O2/c1-3-8(15-2)7-19-10-6-4-5-9-11(10)12(14)17-13(18)16-9/h4-6,8,15H,3,7H2,1-2H3,(H3,14,16,17,18). The van der Waals surface area contributed by atoms with Gasteiger partial charge in [0.1, 0.15) is 18.2 Å². The SMILES string of the molecule is CCC(COc1cccc2[nH]c(=O)nc(N)c12)NC. The van der Waals surface area contributed by atoms with Crippen molar-refractivity contribution in [2.24, 2.45) is 0 Å². The minimum atomic E-state index is -0.455. The molecule has 1 atom stereocenters. The van der Waals surface area contributed by atoms with Crippen molar-refractivity contribution in [3.05, 3.63) is 28.7 Å². The summed E-state index contributed by atoms with van der Waals surface area (Å²) in [6, 6.07) is 5.68. The number of hydrogen-bond donors (Lipinski definition) is 3. The number of H-pyrrole nitrogens is 1. The molecule has 1 unspecified atom stereocenters. The monoisotopic (exact) mass is 262 g/mol. The van der Waals surface area contributed by atoms with E-state index in [-0.39, 0.29) is 11.9 Å². The zero-order valence-corrected chi connectivity index (χ0v) is 11.1. The lowest BCUT2D eigenvalue weighted by Crippen LogP contribution is -2.30. The molecule has 2 rings (SSSR count). The number of nitrogens with two attached hydrogens (primary N) is 1. The zero-order chi connectivity index (χ0) is 13.8. The topological polar surface area (TPSA) is 93.0 Å². The zero-order valence-electron chi connectivity index (χ0n) is 11.1. The summed E-state index contributed by atoms with van der Waals surface area (Å²) in [5, 5.41) is 3.81. The summed E-state index contributed by atoms with van der Waals surface area (Å²) in [5.41, 5.74) is 5.98. The van der Waals surface area contributed by atoms with Gasteiger partial charge >= 0.3 is 5.69 Å². The van der Waals surface area contributed by atoms with Gasteiger partial charge in [0.25, 0.3) is 0 Å². The van der Waals surface area contributed by atoms with Crippen molar-refractivity contribution in [3.63, 3.8) is 0 Å². The van der Waals surface area contributed by atoms with Crippen LogP contribution in [0.3, 0.4) is 0 Å². The molecule has 1 heterocycles. The first-order valence-corrected chi connectivity index (χ1v) is 6.24. The van der Waals surface area contributed by atoms with E-state index in [9.17, 15) is 4.79 Å². The average molecular weight is 262 g/mol. The Kier molecular flexibility index (Phi) is 4.01. The maximum Gasteiger partial charge on any atom is 0.347 e. The van der Waals surface area contributed by atoms with Gasteiger partial charge in [0.2, 0.25) is 0 Å². The molecule has 0 aliphatic heterocycles. The van der Waals surface area contributed by atoms with Gasteiger partial charge in [0, 0.05) is 6.04 Å². The quantitative estimate of drug-likeness (QED) is 0.744. The summed E-state index contributed by atoms with van der Waals surface area (Å²) >= 11 is 0. The van der Waals surface area contributed by atoms with E-state index in [0.717, 1.165) is 6.42 Å². The minimum absolute atomic E-state index is 0.187. The molecule has 0 saturated carbocycles. The van der Waals surface area contributed by atoms with E-state index in [1.807, 2.05) is 19.2 Å². The molecule has 2 aromatic rings. The van der Waals surface area contributed by atoms with Crippen LogP contribution in [0.2, 0.25) is 0 Å². The first-order valence-electron chi connectivity index (χ1n) is 6.24. The van der Waals surface area contributed by atoms with Crippen LogP contribution >= 0.6 is 0 Å². The molecule has 6 nitrogen and oxygen atoms in total. The molecule has 19 heavy (non-hydrogen) atoms. The van der Waals surface area contributed by atoms with Crippen LogP contribution in [-0.4, -0.2) is 29.7 Å². The fourth-order valence-corrected chi connectivity index (χ4v) is 1.92. The van der Waals surface area contributed by atoms with E-state index < -0.39 is 5.69 Å². The fraction of sp³-hybridized carbons (Fsp3) is 0.385. The Balaban J connectivity index is 2.36. The Labute approximate surface area is 111 Å². The Morgan fingerprint density at radius 2 is 2.32 bits per heavy atom. The molecule has 0 aliphatic rings. The lowest BCUT2D eigenvalue weighted by atomic mass is 10.2. The summed E-state index contributed by atoms with van der Waals surface area (Å²) < 4.78 is 5.78. The van der Waals surface area contributed by atoms with Crippen LogP contribution in [0.25, 0.3) is 10.9 Å². The molecule has 102 valence electrons. The summed E-state index contributed by atoms with van der Waals surface area (Å²) in [5.74, 6) is 0.819. The third kappa shape index (κ3) is 2.85. The van der Waals surface area contributed by atoms with E-state index >= 15 is 0 Å². The van der Waals surface area contributed by atoms with E-state index in [2.05, 4.69) is 22.2 Å². The molecule has 0 radical (unpaired) electrons. The van der Waals surface area contributed by atoms with Crippen LogP contribution in [-0.2, 0) is 0 Å². The summed E-state index contributed by atoms with van der Waals surface area (Å²) in [6.07, 6.45) is 0.964. The number of aromatic amines is 1. The number of benzene rings is 1. The Morgan fingerprint density at radius 1 is 1.53 bits per heavy atom. The molecule has 0 bridgehead atoms. The van der Waals surface area contributed by atoms with E-state index in [4.69, 9.17) is 10.5 Å². The van der Waals surface area contributed by atoms with Gasteiger partial charge in [-0.3, -0.25) is 0 Å². The third-order valence-corrected chi connectivity index (χ3v) is 3.09. The molecule has 0 saturated heterocycles. The molecule has 4 N–H and O–H groups in total. The number of likely N-dealkylation sites (N-methyl/N-ethyl adjacent to an activating group) is 1. The van der Waals surface area contributed by atoms with E-state index in [1.54, 1.807) is 6.07 Å². The second kappa shape index (κ2) is 5.71. The molecule has 0 fully saturated rings. The highest BCUT2D eigenvalue weighted by Gasteiger charge is 2.10. The molecule has 6 heteroatoms. The number of aromatic nitrogens is 2. The van der Waals surface area contributed by atoms with Crippen LogP contribution in [0.15, 0.2) is 23.0 Å². The van der Waals surface area contributed by atoms with Gasteiger partial charge in [-0.15, -0.1) is 0 Å². The summed E-state index contributed by atoms with van der Waals surface area (Å²) in [6.45, 7) is 2.62. The van der Waals surface area contributed by atoms with Crippen molar-refractivity contribution in [3.8, 4) is 5.75 Å². The maximum atomic E-state index is 11.3. The van der Waals surface area contributed by atoms with Gasteiger partial charge in [-0.25, -0.2) is 4.79 Å². The van der Waals surface area contributed by atoms with Gasteiger partial charge in [-0.05, 0) is 25.6 Å². The smallest absolute Gasteiger partial charge is 0.347 e. The number of ether oxygens (including phenoxy) is 1. The van der Waals surface area contributed by atoms with E-state index in [1.165, 1.54) is 0 Å². The molecule has 0 amide bonds. The van der Waals surface area contributed by atoms with Crippen LogP contribution in [0.4, 0.5) is 5.82 Å². The van der Waals surface area contributed by atoms with Crippen molar-refractivity contribution in [2.75, 3.05) is 19.4 Å². The highest BCUT2D eigenvalue weighted by atomic mass is 16.5. The Hall–Kier alpha value is -2.08. The highest BCUT2D eigenvalue weighted by Crippen LogP contribution is 2.27. The lowest BCUT2D eigenvalue weighted by Gasteiger charge is -2.16. The Morgan fingerprint density at radius 3 is 3.00 bits per heavy atom. The summed E-state index contributed by atoms with van der Waals surface area (Å²) in [7, 11) is 1.90. The minimum Gasteiger partial charge on any atom is -0.491 e. The van der Waals surface area contributed by atoms with Crippen LogP contribution < -0.4 is 21.5 Å². The number of nitrogens with one attached hydrogen (secondary N) is 2. The predicted octanol–water partition coefficient (Wildman–Crippen LogP) is 0.882. The number of nitrogens with zero attached hydrogens (tertiary/aromatic N) is 1. The maximum absolute atomic E-state index is 11.3. The summed E-state index contributed by atoms with van der Waals surface area (Å²) in [4.78, 5) is 17.6. The fourth-order valence-electron chi connectivity index (χ4n) is 1.92. The average Bonchev–Trinajstić information content (AvgIpc) is 2.39. The van der Waals surface area contributed by atoms with Crippen molar-refractivity contribution in [1.29, 1.82) is 0 Å². The Bertz CT molecular complexity index is 620. The van der Waals surface area contributed by atoms with Gasteiger partial charge < -0.3 is 20.8 Å². The van der Waals surface area contributed by atoms with Gasteiger partial charge in [0.15, 0.2) is 0 Å². The molecular formula is C13H18N4O2. The number of nitrogen functional groups attached to an aromatic ring is 1. The van der Waals surface area contributed by atoms with Gasteiger partial charge in [-0.2, -0.15) is 4.98 Å². The largest absolute Gasteiger partial charge is 0.491 e.